The molecule has 1 N–H and O–H groups in total. The molecule has 3 heterocycles. The minimum absolute atomic E-state index is 0.0286. The Labute approximate surface area is 136 Å². The molecule has 5 nitrogen and oxygen atoms in total. The topological polar surface area (TPSA) is 62.3 Å². The Morgan fingerprint density at radius 3 is 2.70 bits per heavy atom. The first-order valence-corrected chi connectivity index (χ1v) is 8.78. The number of fused-ring (bicyclic) bond motifs is 1. The molecule has 0 aromatic carbocycles. The van der Waals surface area contributed by atoms with Crippen LogP contribution in [0.2, 0.25) is 0 Å². The molecule has 2 amide bonds. The van der Waals surface area contributed by atoms with Crippen molar-refractivity contribution in [2.24, 2.45) is 5.92 Å². The number of likely N-dealkylation sites (tertiary alicyclic amines) is 1. The number of carbonyl (C=O) groups excluding carboxylic acids is 2. The number of rotatable bonds is 4. The number of nitrogens with zero attached hydrogens (tertiary/aromatic N) is 2. The third kappa shape index (κ3) is 2.84. The first-order chi connectivity index (χ1) is 11.2. The summed E-state index contributed by atoms with van der Waals surface area (Å²) in [5, 5.41) is 3.38. The second kappa shape index (κ2) is 5.95. The Hall–Kier alpha value is -1.91. The highest BCUT2D eigenvalue weighted by Gasteiger charge is 2.41. The molecule has 2 fully saturated rings. The highest BCUT2D eigenvalue weighted by molar-refractivity contribution is 6.02. The molecule has 0 atom stereocenters. The first kappa shape index (κ1) is 14.7. The summed E-state index contributed by atoms with van der Waals surface area (Å²) >= 11 is 0. The molecule has 1 saturated carbocycles. The normalized spacial score (nSPS) is 26.7. The molecule has 5 heteroatoms. The molecule has 0 spiro atoms. The Kier molecular flexibility index (Phi) is 3.79. The van der Waals surface area contributed by atoms with Crippen molar-refractivity contribution in [3.8, 4) is 0 Å². The van der Waals surface area contributed by atoms with Gasteiger partial charge in [0.1, 0.15) is 5.82 Å². The van der Waals surface area contributed by atoms with Gasteiger partial charge in [0.25, 0.3) is 0 Å². The van der Waals surface area contributed by atoms with Crippen molar-refractivity contribution < 1.29 is 9.59 Å². The molecule has 3 aliphatic rings. The van der Waals surface area contributed by atoms with Crippen LogP contribution >= 0.6 is 0 Å². The van der Waals surface area contributed by atoms with Crippen molar-refractivity contribution in [3.05, 3.63) is 23.4 Å². The van der Waals surface area contributed by atoms with Gasteiger partial charge in [-0.05, 0) is 56.1 Å². The van der Waals surface area contributed by atoms with Crippen molar-refractivity contribution in [1.29, 1.82) is 0 Å². The summed E-state index contributed by atoms with van der Waals surface area (Å²) in [4.78, 5) is 29.7. The molecule has 0 bridgehead atoms. The van der Waals surface area contributed by atoms with Crippen LogP contribution < -0.4 is 5.32 Å². The fraction of sp³-hybridized carbons (Fsp3) is 0.611. The van der Waals surface area contributed by atoms with Crippen LogP contribution in [0.1, 0.15) is 49.8 Å². The number of hydrogen-bond acceptors (Lipinski definition) is 4. The molecule has 0 radical (unpaired) electrons. The number of imide groups is 1. The van der Waals surface area contributed by atoms with E-state index in [4.69, 9.17) is 4.98 Å². The Morgan fingerprint density at radius 1 is 1.13 bits per heavy atom. The van der Waals surface area contributed by atoms with Gasteiger partial charge in [-0.3, -0.25) is 14.5 Å². The Balaban J connectivity index is 1.28. The van der Waals surface area contributed by atoms with E-state index >= 15 is 0 Å². The molecule has 23 heavy (non-hydrogen) atoms. The second-order valence-electron chi connectivity index (χ2n) is 7.03. The molecule has 4 rings (SSSR count). The van der Waals surface area contributed by atoms with E-state index in [0.717, 1.165) is 50.2 Å². The van der Waals surface area contributed by atoms with Gasteiger partial charge >= 0.3 is 0 Å². The summed E-state index contributed by atoms with van der Waals surface area (Å²) in [5.74, 6) is 1.74. The molecule has 1 aliphatic carbocycles. The fourth-order valence-corrected chi connectivity index (χ4v) is 4.01. The maximum absolute atomic E-state index is 11.7. The number of aromatic nitrogens is 1. The SMILES string of the molecule is O=C1CCC(=O)N1C1CC(CCc2ccc3c(n2)NCCC3)C1. The van der Waals surface area contributed by atoms with E-state index < -0.39 is 0 Å². The summed E-state index contributed by atoms with van der Waals surface area (Å²) in [7, 11) is 0. The fourth-order valence-electron chi connectivity index (χ4n) is 4.01. The summed E-state index contributed by atoms with van der Waals surface area (Å²) < 4.78 is 0. The van der Waals surface area contributed by atoms with E-state index in [1.54, 1.807) is 0 Å². The number of pyridine rings is 1. The van der Waals surface area contributed by atoms with Gasteiger partial charge in [-0.2, -0.15) is 0 Å². The third-order valence-corrected chi connectivity index (χ3v) is 5.43. The lowest BCUT2D eigenvalue weighted by atomic mass is 9.76. The highest BCUT2D eigenvalue weighted by Crippen LogP contribution is 2.37. The van der Waals surface area contributed by atoms with E-state index in [2.05, 4.69) is 17.4 Å². The van der Waals surface area contributed by atoms with Crippen LogP contribution in [-0.4, -0.2) is 34.3 Å². The van der Waals surface area contributed by atoms with E-state index in [1.807, 2.05) is 0 Å². The van der Waals surface area contributed by atoms with Crippen LogP contribution in [0.25, 0.3) is 0 Å². The van der Waals surface area contributed by atoms with Crippen LogP contribution in [0.3, 0.4) is 0 Å². The largest absolute Gasteiger partial charge is 0.370 e. The molecule has 122 valence electrons. The lowest BCUT2D eigenvalue weighted by molar-refractivity contribution is -0.144. The maximum Gasteiger partial charge on any atom is 0.229 e. The van der Waals surface area contributed by atoms with Gasteiger partial charge in [0, 0.05) is 31.1 Å². The average molecular weight is 313 g/mol. The monoisotopic (exact) mass is 313 g/mol. The number of carbonyl (C=O) groups is 2. The summed E-state index contributed by atoms with van der Waals surface area (Å²) in [6.07, 6.45) is 7.15. The Bertz CT molecular complexity index is 621. The smallest absolute Gasteiger partial charge is 0.229 e. The van der Waals surface area contributed by atoms with Crippen molar-refractivity contribution in [3.63, 3.8) is 0 Å². The van der Waals surface area contributed by atoms with Gasteiger partial charge in [0.05, 0.1) is 0 Å². The van der Waals surface area contributed by atoms with Gasteiger partial charge in [-0.25, -0.2) is 4.98 Å². The van der Waals surface area contributed by atoms with E-state index in [1.165, 1.54) is 16.9 Å². The van der Waals surface area contributed by atoms with Crippen molar-refractivity contribution in [1.82, 2.24) is 9.88 Å². The quantitative estimate of drug-likeness (QED) is 0.867. The maximum atomic E-state index is 11.7. The molecule has 1 aromatic rings. The van der Waals surface area contributed by atoms with Crippen LogP contribution in [0, 0.1) is 5.92 Å². The zero-order valence-corrected chi connectivity index (χ0v) is 13.4. The summed E-state index contributed by atoms with van der Waals surface area (Å²) in [6.45, 7) is 1.02. The highest BCUT2D eigenvalue weighted by atomic mass is 16.2. The van der Waals surface area contributed by atoms with Gasteiger partial charge in [-0.1, -0.05) is 6.07 Å². The van der Waals surface area contributed by atoms with Crippen molar-refractivity contribution in [2.45, 2.75) is 57.4 Å². The molecule has 1 aromatic heterocycles. The van der Waals surface area contributed by atoms with Gasteiger partial charge in [0.15, 0.2) is 0 Å². The minimum atomic E-state index is 0.0286. The molecule has 0 unspecified atom stereocenters. The van der Waals surface area contributed by atoms with Gasteiger partial charge < -0.3 is 5.32 Å². The number of aryl methyl sites for hydroxylation is 2. The third-order valence-electron chi connectivity index (χ3n) is 5.43. The lowest BCUT2D eigenvalue weighted by Gasteiger charge is -2.40. The summed E-state index contributed by atoms with van der Waals surface area (Å²) in [5.41, 5.74) is 2.48. The minimum Gasteiger partial charge on any atom is -0.370 e. The number of hydrogen-bond donors (Lipinski definition) is 1. The van der Waals surface area contributed by atoms with Crippen LogP contribution in [0.15, 0.2) is 12.1 Å². The lowest BCUT2D eigenvalue weighted by Crippen LogP contribution is -2.47. The van der Waals surface area contributed by atoms with E-state index in [0.29, 0.717) is 18.8 Å². The number of amides is 2. The van der Waals surface area contributed by atoms with Crippen LogP contribution in [-0.2, 0) is 22.4 Å². The van der Waals surface area contributed by atoms with Crippen molar-refractivity contribution >= 4 is 17.6 Å². The first-order valence-electron chi connectivity index (χ1n) is 8.78. The Morgan fingerprint density at radius 2 is 1.91 bits per heavy atom. The predicted molar refractivity (Wildman–Crippen MR) is 87.0 cm³/mol. The van der Waals surface area contributed by atoms with Crippen LogP contribution in [0.4, 0.5) is 5.82 Å². The van der Waals surface area contributed by atoms with Crippen molar-refractivity contribution in [2.75, 3.05) is 11.9 Å². The second-order valence-corrected chi connectivity index (χ2v) is 7.03. The predicted octanol–water partition coefficient (Wildman–Crippen LogP) is 2.30. The zero-order valence-electron chi connectivity index (χ0n) is 13.4. The van der Waals surface area contributed by atoms with Gasteiger partial charge in [0.2, 0.25) is 11.8 Å². The summed E-state index contributed by atoms with van der Waals surface area (Å²) in [6, 6.07) is 4.52. The zero-order chi connectivity index (χ0) is 15.8. The van der Waals surface area contributed by atoms with Crippen LogP contribution in [0.5, 0.6) is 0 Å². The molecular weight excluding hydrogens is 290 g/mol. The molecule has 2 aliphatic heterocycles. The average Bonchev–Trinajstić information content (AvgIpc) is 2.85. The molecular formula is C18H23N3O2. The molecule has 1 saturated heterocycles. The van der Waals surface area contributed by atoms with E-state index in [9.17, 15) is 9.59 Å². The standard InChI is InChI=1S/C18H23N3O2/c22-16-7-8-17(23)21(16)15-10-12(11-15)3-5-14-6-4-13-2-1-9-19-18(13)20-14/h4,6,12,15H,1-3,5,7-11H2,(H,19,20). The van der Waals surface area contributed by atoms with Gasteiger partial charge in [-0.15, -0.1) is 0 Å². The number of nitrogens with one attached hydrogen (secondary N) is 1. The number of anilines is 1. The van der Waals surface area contributed by atoms with E-state index in [-0.39, 0.29) is 17.9 Å².